The number of benzene rings is 3. The average molecular weight is 304 g/mol. The molecule has 0 N–H and O–H groups in total. The summed E-state index contributed by atoms with van der Waals surface area (Å²) in [5, 5.41) is 2.16. The van der Waals surface area contributed by atoms with Crippen molar-refractivity contribution < 1.29 is 9.53 Å². The third-order valence-corrected chi connectivity index (χ3v) is 3.94. The lowest BCUT2D eigenvalue weighted by molar-refractivity contribution is 0.112. The van der Waals surface area contributed by atoms with Crippen LogP contribution >= 0.6 is 0 Å². The third-order valence-electron chi connectivity index (χ3n) is 3.94. The number of fused-ring (bicyclic) bond motifs is 1. The van der Waals surface area contributed by atoms with Gasteiger partial charge in [0.05, 0.1) is 6.61 Å². The summed E-state index contributed by atoms with van der Waals surface area (Å²) in [7, 11) is 0. The van der Waals surface area contributed by atoms with Gasteiger partial charge in [-0.05, 0) is 53.8 Å². The molecule has 0 heterocycles. The van der Waals surface area contributed by atoms with Gasteiger partial charge in [0.15, 0.2) is 0 Å². The normalized spacial score (nSPS) is 10.6. The number of unbranched alkanes of at least 4 members (excludes halogenated alkanes) is 1. The summed E-state index contributed by atoms with van der Waals surface area (Å²) in [5.74, 6) is 0.885. The van der Waals surface area contributed by atoms with Crippen LogP contribution < -0.4 is 4.74 Å². The molecule has 0 fully saturated rings. The first-order valence-corrected chi connectivity index (χ1v) is 8.01. The summed E-state index contributed by atoms with van der Waals surface area (Å²) in [6.45, 7) is 0.727. The maximum absolute atomic E-state index is 10.8. The number of aryl methyl sites for hydroxylation is 1. The minimum absolute atomic E-state index is 0.701. The van der Waals surface area contributed by atoms with E-state index in [-0.39, 0.29) is 0 Å². The Bertz CT molecular complexity index is 778. The molecule has 0 aliphatic carbocycles. The van der Waals surface area contributed by atoms with E-state index in [1.54, 1.807) is 0 Å². The van der Waals surface area contributed by atoms with E-state index in [0.29, 0.717) is 5.56 Å². The monoisotopic (exact) mass is 304 g/mol. The second kappa shape index (κ2) is 7.59. The fourth-order valence-electron chi connectivity index (χ4n) is 2.67. The van der Waals surface area contributed by atoms with E-state index in [1.807, 2.05) is 42.5 Å². The van der Waals surface area contributed by atoms with Gasteiger partial charge in [0.2, 0.25) is 0 Å². The van der Waals surface area contributed by atoms with Crippen molar-refractivity contribution in [1.82, 2.24) is 0 Å². The molecule has 3 aromatic carbocycles. The van der Waals surface area contributed by atoms with Crippen molar-refractivity contribution in [2.45, 2.75) is 19.3 Å². The van der Waals surface area contributed by atoms with Crippen LogP contribution in [0.5, 0.6) is 5.75 Å². The molecule has 3 aromatic rings. The molecule has 0 unspecified atom stereocenters. The predicted molar refractivity (Wildman–Crippen MR) is 94.2 cm³/mol. The van der Waals surface area contributed by atoms with Crippen molar-refractivity contribution in [2.24, 2.45) is 0 Å². The molecule has 0 saturated heterocycles. The van der Waals surface area contributed by atoms with Crippen LogP contribution in [-0.4, -0.2) is 12.9 Å². The Labute approximate surface area is 136 Å². The van der Waals surface area contributed by atoms with E-state index >= 15 is 0 Å². The van der Waals surface area contributed by atoms with Gasteiger partial charge in [-0.2, -0.15) is 0 Å². The first kappa shape index (κ1) is 15.3. The second-order valence-electron chi connectivity index (χ2n) is 5.68. The van der Waals surface area contributed by atoms with Crippen LogP contribution in [-0.2, 0) is 6.42 Å². The van der Waals surface area contributed by atoms with Crippen LogP contribution in [0, 0.1) is 0 Å². The van der Waals surface area contributed by atoms with Crippen molar-refractivity contribution >= 4 is 17.1 Å². The molecule has 2 nitrogen and oxygen atoms in total. The number of aldehydes is 1. The molecular weight excluding hydrogens is 284 g/mol. The number of ether oxygens (including phenoxy) is 1. The second-order valence-corrected chi connectivity index (χ2v) is 5.68. The molecule has 2 heteroatoms. The smallest absolute Gasteiger partial charge is 0.150 e. The molecule has 3 rings (SSSR count). The van der Waals surface area contributed by atoms with E-state index in [4.69, 9.17) is 4.74 Å². The largest absolute Gasteiger partial charge is 0.494 e. The Hall–Kier alpha value is -2.61. The lowest BCUT2D eigenvalue weighted by Gasteiger charge is -2.08. The van der Waals surface area contributed by atoms with Gasteiger partial charge in [-0.15, -0.1) is 0 Å². The zero-order valence-corrected chi connectivity index (χ0v) is 13.1. The zero-order chi connectivity index (χ0) is 15.9. The van der Waals surface area contributed by atoms with Gasteiger partial charge in [-0.25, -0.2) is 0 Å². The van der Waals surface area contributed by atoms with E-state index < -0.39 is 0 Å². The fourth-order valence-corrected chi connectivity index (χ4v) is 2.67. The predicted octanol–water partition coefficient (Wildman–Crippen LogP) is 5.05. The van der Waals surface area contributed by atoms with Crippen LogP contribution in [0.1, 0.15) is 28.8 Å². The van der Waals surface area contributed by atoms with Crippen LogP contribution in [0.3, 0.4) is 0 Å². The Morgan fingerprint density at radius 1 is 0.826 bits per heavy atom. The lowest BCUT2D eigenvalue weighted by Crippen LogP contribution is -1.98. The summed E-state index contributed by atoms with van der Waals surface area (Å²) in [5.41, 5.74) is 2.08. The molecular formula is C21H20O2. The van der Waals surface area contributed by atoms with Gasteiger partial charge in [0, 0.05) is 5.56 Å². The minimum atomic E-state index is 0.701. The number of rotatable bonds is 7. The highest BCUT2D eigenvalue weighted by atomic mass is 16.5. The highest BCUT2D eigenvalue weighted by Crippen LogP contribution is 2.22. The topological polar surface area (TPSA) is 26.3 Å². The molecule has 23 heavy (non-hydrogen) atoms. The molecule has 0 aromatic heterocycles. The Balaban J connectivity index is 1.50. The van der Waals surface area contributed by atoms with Gasteiger partial charge in [0.25, 0.3) is 0 Å². The Kier molecular flexibility index (Phi) is 5.05. The SMILES string of the molecule is O=Cc1ccc2cc(OCCCCc3ccccc3)ccc2c1. The lowest BCUT2D eigenvalue weighted by atomic mass is 10.1. The van der Waals surface area contributed by atoms with Gasteiger partial charge < -0.3 is 4.74 Å². The highest BCUT2D eigenvalue weighted by molar-refractivity contribution is 5.89. The maximum Gasteiger partial charge on any atom is 0.150 e. The minimum Gasteiger partial charge on any atom is -0.494 e. The van der Waals surface area contributed by atoms with Crippen LogP contribution in [0.2, 0.25) is 0 Å². The standard InChI is InChI=1S/C21H20O2/c22-16-18-9-10-20-15-21(12-11-19(20)14-18)23-13-5-4-8-17-6-2-1-3-7-17/h1-3,6-7,9-12,14-16H,4-5,8,13H2. The number of carbonyl (C=O) groups is 1. The van der Waals surface area contributed by atoms with Crippen LogP contribution in [0.15, 0.2) is 66.7 Å². The molecule has 0 amide bonds. The molecule has 0 atom stereocenters. The maximum atomic E-state index is 10.8. The van der Waals surface area contributed by atoms with E-state index in [1.165, 1.54) is 5.56 Å². The summed E-state index contributed by atoms with van der Waals surface area (Å²) in [6.07, 6.45) is 4.13. The van der Waals surface area contributed by atoms with Gasteiger partial charge >= 0.3 is 0 Å². The van der Waals surface area contributed by atoms with Crippen LogP contribution in [0.4, 0.5) is 0 Å². The van der Waals surface area contributed by atoms with Crippen molar-refractivity contribution in [3.8, 4) is 5.75 Å². The van der Waals surface area contributed by atoms with Crippen molar-refractivity contribution in [2.75, 3.05) is 6.61 Å². The van der Waals surface area contributed by atoms with Crippen molar-refractivity contribution in [1.29, 1.82) is 0 Å². The average Bonchev–Trinajstić information content (AvgIpc) is 2.62. The summed E-state index contributed by atoms with van der Waals surface area (Å²) in [6, 6.07) is 22.2. The Morgan fingerprint density at radius 2 is 1.61 bits per heavy atom. The van der Waals surface area contributed by atoms with Crippen molar-refractivity contribution in [3.05, 3.63) is 77.9 Å². The van der Waals surface area contributed by atoms with E-state index in [2.05, 4.69) is 24.3 Å². The van der Waals surface area contributed by atoms with E-state index in [0.717, 1.165) is 48.7 Å². The molecule has 0 aliphatic rings. The summed E-state index contributed by atoms with van der Waals surface area (Å²) in [4.78, 5) is 10.8. The van der Waals surface area contributed by atoms with Gasteiger partial charge in [0.1, 0.15) is 12.0 Å². The van der Waals surface area contributed by atoms with Gasteiger partial charge in [-0.3, -0.25) is 4.79 Å². The third kappa shape index (κ3) is 4.19. The fraction of sp³-hybridized carbons (Fsp3) is 0.190. The summed E-state index contributed by atoms with van der Waals surface area (Å²) >= 11 is 0. The highest BCUT2D eigenvalue weighted by Gasteiger charge is 2.00. The number of carbonyl (C=O) groups excluding carboxylic acids is 1. The molecule has 0 spiro atoms. The molecule has 0 radical (unpaired) electrons. The Morgan fingerprint density at radius 3 is 2.43 bits per heavy atom. The molecule has 0 saturated carbocycles. The quantitative estimate of drug-likeness (QED) is 0.451. The number of hydrogen-bond donors (Lipinski definition) is 0. The first-order valence-electron chi connectivity index (χ1n) is 8.01. The molecule has 0 aliphatic heterocycles. The van der Waals surface area contributed by atoms with Crippen LogP contribution in [0.25, 0.3) is 10.8 Å². The van der Waals surface area contributed by atoms with E-state index in [9.17, 15) is 4.79 Å². The van der Waals surface area contributed by atoms with Crippen molar-refractivity contribution in [3.63, 3.8) is 0 Å². The number of hydrogen-bond acceptors (Lipinski definition) is 2. The zero-order valence-electron chi connectivity index (χ0n) is 13.1. The van der Waals surface area contributed by atoms with Gasteiger partial charge in [-0.1, -0.05) is 48.5 Å². The molecule has 0 bridgehead atoms. The molecule has 116 valence electrons. The summed E-state index contributed by atoms with van der Waals surface area (Å²) < 4.78 is 5.84. The first-order chi connectivity index (χ1) is 11.3.